The minimum Gasteiger partial charge on any atom is -0.457 e. The van der Waals surface area contributed by atoms with E-state index in [-0.39, 0.29) is 6.61 Å². The van der Waals surface area contributed by atoms with E-state index < -0.39 is 8.80 Å². The van der Waals surface area contributed by atoms with Crippen molar-refractivity contribution >= 4 is 19.7 Å². The number of aliphatic hydroxyl groups is 1. The first kappa shape index (κ1) is 21.3. The molecule has 0 aliphatic heterocycles. The van der Waals surface area contributed by atoms with Crippen LogP contribution in [0.3, 0.4) is 0 Å². The topological polar surface area (TPSA) is 74.3 Å². The van der Waals surface area contributed by atoms with Gasteiger partial charge < -0.3 is 14.6 Å². The van der Waals surface area contributed by atoms with E-state index in [9.17, 15) is 0 Å². The van der Waals surface area contributed by atoms with Gasteiger partial charge in [-0.2, -0.15) is 10.2 Å². The Hall–Kier alpha value is -2.94. The van der Waals surface area contributed by atoms with Gasteiger partial charge in [-0.25, -0.2) is 4.68 Å². The fourth-order valence-electron chi connectivity index (χ4n) is 3.32. The molecule has 31 heavy (non-hydrogen) atoms. The highest BCUT2D eigenvalue weighted by molar-refractivity contribution is 6.55. The molecule has 0 saturated carbocycles. The summed E-state index contributed by atoms with van der Waals surface area (Å²) >= 11 is 0. The van der Waals surface area contributed by atoms with Gasteiger partial charge in [-0.1, -0.05) is 13.1 Å². The molecule has 0 atom stereocenters. The highest BCUT2D eigenvalue weighted by Crippen LogP contribution is 2.28. The van der Waals surface area contributed by atoms with Crippen LogP contribution in [0.4, 0.5) is 0 Å². The van der Waals surface area contributed by atoms with E-state index in [1.54, 1.807) is 10.9 Å². The first-order valence-corrected chi connectivity index (χ1v) is 13.7. The molecule has 2 heterocycles. The molecule has 0 spiro atoms. The Bertz CT molecular complexity index is 1120. The number of rotatable bonds is 10. The third kappa shape index (κ3) is 5.41. The summed E-state index contributed by atoms with van der Waals surface area (Å²) in [7, 11) is -0.588. The molecule has 0 saturated heterocycles. The van der Waals surface area contributed by atoms with E-state index in [2.05, 4.69) is 23.3 Å². The lowest BCUT2D eigenvalue weighted by Gasteiger charge is -2.10. The van der Waals surface area contributed by atoms with Crippen molar-refractivity contribution in [3.63, 3.8) is 0 Å². The zero-order valence-electron chi connectivity index (χ0n) is 17.9. The number of aliphatic hydroxyl groups excluding tert-OH is 1. The second-order valence-corrected chi connectivity index (χ2v) is 11.3. The summed E-state index contributed by atoms with van der Waals surface area (Å²) in [6.45, 7) is 6.45. The Labute approximate surface area is 183 Å². The zero-order chi connectivity index (χ0) is 21.6. The molecule has 162 valence electrons. The number of aromatic nitrogens is 4. The molecule has 1 N–H and O–H groups in total. The first-order valence-electron chi connectivity index (χ1n) is 10.6. The van der Waals surface area contributed by atoms with Crippen LogP contribution in [0.25, 0.3) is 22.2 Å². The van der Waals surface area contributed by atoms with Crippen LogP contribution in [0.15, 0.2) is 60.9 Å². The third-order valence-electron chi connectivity index (χ3n) is 5.01. The van der Waals surface area contributed by atoms with Gasteiger partial charge in [-0.05, 0) is 54.6 Å². The lowest BCUT2D eigenvalue weighted by molar-refractivity contribution is 0.0801. The average Bonchev–Trinajstić information content (AvgIpc) is 3.38. The van der Waals surface area contributed by atoms with E-state index in [4.69, 9.17) is 14.6 Å². The van der Waals surface area contributed by atoms with Gasteiger partial charge in [0.15, 0.2) is 0 Å². The minimum absolute atomic E-state index is 0.0637. The maximum Gasteiger partial charge on any atom is 0.139 e. The van der Waals surface area contributed by atoms with Crippen molar-refractivity contribution < 1.29 is 14.6 Å². The van der Waals surface area contributed by atoms with Gasteiger partial charge in [-0.15, -0.1) is 0 Å². The second-order valence-electron chi connectivity index (χ2n) is 7.90. The molecule has 0 bridgehead atoms. The molecule has 0 aliphatic carbocycles. The first-order chi connectivity index (χ1) is 15.1. The van der Waals surface area contributed by atoms with E-state index in [1.165, 1.54) is 6.04 Å². The molecular weight excluding hydrogens is 408 g/mol. The molecule has 0 unspecified atom stereocenters. The van der Waals surface area contributed by atoms with Gasteiger partial charge in [0.25, 0.3) is 0 Å². The minimum atomic E-state index is -0.588. The molecule has 0 aliphatic rings. The normalized spacial score (nSPS) is 11.5. The Morgan fingerprint density at radius 3 is 2.61 bits per heavy atom. The van der Waals surface area contributed by atoms with Crippen molar-refractivity contribution in [3.05, 3.63) is 60.9 Å². The SMILES string of the molecule is C[SiH](C)CCOCn1nccc1-c1ccc(Oc2ccc3nn(CCO)cc3c2)cc1. The zero-order valence-corrected chi connectivity index (χ0v) is 19.1. The summed E-state index contributed by atoms with van der Waals surface area (Å²) in [5.41, 5.74) is 2.96. The number of benzene rings is 2. The Kier molecular flexibility index (Phi) is 6.81. The fraction of sp³-hybridized carbons (Fsp3) is 0.304. The fourth-order valence-corrected chi connectivity index (χ4v) is 3.95. The van der Waals surface area contributed by atoms with Crippen LogP contribution in [0, 0.1) is 0 Å². The molecule has 4 rings (SSSR count). The van der Waals surface area contributed by atoms with E-state index in [0.717, 1.165) is 40.3 Å². The van der Waals surface area contributed by atoms with Crippen LogP contribution < -0.4 is 4.74 Å². The van der Waals surface area contributed by atoms with Crippen molar-refractivity contribution in [2.24, 2.45) is 0 Å². The van der Waals surface area contributed by atoms with Crippen molar-refractivity contribution in [2.45, 2.75) is 32.4 Å². The summed E-state index contributed by atoms with van der Waals surface area (Å²) in [5, 5.41) is 18.9. The molecule has 7 nitrogen and oxygen atoms in total. The lowest BCUT2D eigenvalue weighted by Crippen LogP contribution is -2.10. The number of hydrogen-bond acceptors (Lipinski definition) is 5. The van der Waals surface area contributed by atoms with Crippen LogP contribution in [0.2, 0.25) is 19.1 Å². The maximum absolute atomic E-state index is 9.08. The summed E-state index contributed by atoms with van der Waals surface area (Å²) < 4.78 is 15.4. The van der Waals surface area contributed by atoms with Gasteiger partial charge in [0, 0.05) is 38.7 Å². The van der Waals surface area contributed by atoms with E-state index in [1.807, 2.05) is 59.4 Å². The largest absolute Gasteiger partial charge is 0.457 e. The molecular formula is C23H28N4O3Si. The average molecular weight is 437 g/mol. The second kappa shape index (κ2) is 9.91. The molecule has 0 amide bonds. The molecule has 4 aromatic rings. The monoisotopic (exact) mass is 436 g/mol. The summed E-state index contributed by atoms with van der Waals surface area (Å²) in [4.78, 5) is 0. The van der Waals surface area contributed by atoms with E-state index >= 15 is 0 Å². The summed E-state index contributed by atoms with van der Waals surface area (Å²) in [6.07, 6.45) is 3.71. The van der Waals surface area contributed by atoms with Crippen LogP contribution in [-0.4, -0.2) is 46.7 Å². The number of nitrogens with zero attached hydrogens (tertiary/aromatic N) is 4. The highest BCUT2D eigenvalue weighted by atomic mass is 28.3. The van der Waals surface area contributed by atoms with Gasteiger partial charge in [-0.3, -0.25) is 4.68 Å². The van der Waals surface area contributed by atoms with Gasteiger partial charge in [0.05, 0.1) is 24.4 Å². The Morgan fingerprint density at radius 2 is 1.84 bits per heavy atom. The highest BCUT2D eigenvalue weighted by Gasteiger charge is 2.08. The van der Waals surface area contributed by atoms with Gasteiger partial charge in [0.1, 0.15) is 18.2 Å². The van der Waals surface area contributed by atoms with Crippen molar-refractivity contribution in [1.29, 1.82) is 0 Å². The maximum atomic E-state index is 9.08. The van der Waals surface area contributed by atoms with Crippen LogP contribution in [0.5, 0.6) is 11.5 Å². The molecule has 0 fully saturated rings. The predicted molar refractivity (Wildman–Crippen MR) is 124 cm³/mol. The number of hydrogen-bond donors (Lipinski definition) is 1. The smallest absolute Gasteiger partial charge is 0.139 e. The van der Waals surface area contributed by atoms with Crippen LogP contribution in [-0.2, 0) is 18.0 Å². The molecule has 2 aromatic heterocycles. The van der Waals surface area contributed by atoms with Crippen molar-refractivity contribution in [2.75, 3.05) is 13.2 Å². The summed E-state index contributed by atoms with van der Waals surface area (Å²) in [5.74, 6) is 1.51. The molecule has 0 radical (unpaired) electrons. The third-order valence-corrected chi connectivity index (χ3v) is 6.40. The lowest BCUT2D eigenvalue weighted by atomic mass is 10.1. The van der Waals surface area contributed by atoms with E-state index in [0.29, 0.717) is 13.3 Å². The number of fused-ring (bicyclic) bond motifs is 1. The van der Waals surface area contributed by atoms with Crippen molar-refractivity contribution in [1.82, 2.24) is 19.6 Å². The van der Waals surface area contributed by atoms with Gasteiger partial charge in [0.2, 0.25) is 0 Å². The summed E-state index contributed by atoms with van der Waals surface area (Å²) in [6, 6.07) is 16.9. The van der Waals surface area contributed by atoms with Crippen LogP contribution >= 0.6 is 0 Å². The molecule has 8 heteroatoms. The van der Waals surface area contributed by atoms with Crippen molar-refractivity contribution in [3.8, 4) is 22.8 Å². The Morgan fingerprint density at radius 1 is 1.03 bits per heavy atom. The standard InChI is InChI=1S/C23H28N4O3Si/c1-31(2)14-13-29-17-27-23(9-10-24-27)18-3-5-20(6-4-18)30-21-7-8-22-19(15-21)16-26(25-22)11-12-28/h3-10,15-16,28,31H,11-14,17H2,1-2H3. The molecule has 2 aromatic carbocycles. The number of ether oxygens (including phenoxy) is 2. The van der Waals surface area contributed by atoms with Gasteiger partial charge >= 0.3 is 0 Å². The quantitative estimate of drug-likeness (QED) is 0.299. The predicted octanol–water partition coefficient (Wildman–Crippen LogP) is 4.15. The Balaban J connectivity index is 1.42. The van der Waals surface area contributed by atoms with Crippen LogP contribution in [0.1, 0.15) is 0 Å².